The molecule has 0 unspecified atom stereocenters. The van der Waals surface area contributed by atoms with Gasteiger partial charge in [-0.05, 0) is 56.8 Å². The van der Waals surface area contributed by atoms with Crippen molar-refractivity contribution in [1.82, 2.24) is 4.90 Å². The van der Waals surface area contributed by atoms with Crippen molar-refractivity contribution in [3.63, 3.8) is 0 Å². The first-order chi connectivity index (χ1) is 14.7. The average molecular weight is 434 g/mol. The molecule has 0 atom stereocenters. The molecule has 0 aliphatic carbocycles. The van der Waals surface area contributed by atoms with Gasteiger partial charge in [-0.2, -0.15) is 0 Å². The monoisotopic (exact) mass is 433 g/mol. The molecule has 0 fully saturated rings. The van der Waals surface area contributed by atoms with Gasteiger partial charge in [-0.25, -0.2) is 0 Å². The molecule has 3 aromatic carbocycles. The largest absolute Gasteiger partial charge is 1.00 e. The molecule has 136 valence electrons. The van der Waals surface area contributed by atoms with Crippen molar-refractivity contribution in [3.05, 3.63) is 91.0 Å². The lowest BCUT2D eigenvalue weighted by Crippen LogP contribution is -3.00. The van der Waals surface area contributed by atoms with Gasteiger partial charge in [0.15, 0.2) is 0 Å². The summed E-state index contributed by atoms with van der Waals surface area (Å²) < 4.78 is 46.1. The van der Waals surface area contributed by atoms with E-state index in [4.69, 9.17) is 8.22 Å². The van der Waals surface area contributed by atoms with Crippen LogP contribution in [0.5, 0.6) is 0 Å². The minimum atomic E-state index is -2.67. The van der Waals surface area contributed by atoms with Crippen LogP contribution in [-0.4, -0.2) is 31.6 Å². The van der Waals surface area contributed by atoms with Gasteiger partial charge in [0.2, 0.25) is 0 Å². The highest BCUT2D eigenvalue weighted by Crippen LogP contribution is 2.55. The van der Waals surface area contributed by atoms with E-state index in [0.29, 0.717) is 17.5 Å². The molecule has 0 saturated heterocycles. The summed E-state index contributed by atoms with van der Waals surface area (Å²) in [5.74, 6) is 0. The molecule has 3 aromatic rings. The van der Waals surface area contributed by atoms with Gasteiger partial charge in [0.25, 0.3) is 0 Å². The zero-order chi connectivity index (χ0) is 22.5. The number of halogens is 1. The second kappa shape index (κ2) is 10.0. The Kier molecular flexibility index (Phi) is 5.26. The van der Waals surface area contributed by atoms with Crippen molar-refractivity contribution in [3.8, 4) is 0 Å². The lowest BCUT2D eigenvalue weighted by Gasteiger charge is -2.28. The molecule has 0 bridgehead atoms. The van der Waals surface area contributed by atoms with Crippen LogP contribution in [-0.2, 0) is 0 Å². The van der Waals surface area contributed by atoms with Crippen molar-refractivity contribution in [2.75, 3.05) is 26.7 Å². The lowest BCUT2D eigenvalue weighted by molar-refractivity contribution is -0.00000503. The number of nitrogens with zero attached hydrogens (tertiary/aromatic N) is 1. The van der Waals surface area contributed by atoms with E-state index >= 15 is 0 Å². The Bertz CT molecular complexity index is 838. The highest BCUT2D eigenvalue weighted by Gasteiger charge is 2.44. The molecule has 3 heteroatoms. The smallest absolute Gasteiger partial charge is 0.112 e. The maximum absolute atomic E-state index is 7.68. The summed E-state index contributed by atoms with van der Waals surface area (Å²) in [6, 6.07) is 30.8. The highest BCUT2D eigenvalue weighted by molar-refractivity contribution is 7.95. The van der Waals surface area contributed by atoms with Crippen LogP contribution in [0.15, 0.2) is 91.0 Å². The van der Waals surface area contributed by atoms with Gasteiger partial charge >= 0.3 is 0 Å². The second-order valence-electron chi connectivity index (χ2n) is 6.05. The maximum Gasteiger partial charge on any atom is 0.112 e. The van der Waals surface area contributed by atoms with Crippen LogP contribution < -0.4 is 32.9 Å². The molecule has 1 nitrogen and oxygen atoms in total. The van der Waals surface area contributed by atoms with Crippen LogP contribution >= 0.6 is 7.26 Å². The van der Waals surface area contributed by atoms with Crippen molar-refractivity contribution >= 4 is 23.2 Å². The Hall–Kier alpha value is -1.47. The fourth-order valence-electron chi connectivity index (χ4n) is 3.35. The van der Waals surface area contributed by atoms with E-state index in [2.05, 4.69) is 36.4 Å². The number of hydrogen-bond acceptors (Lipinski definition) is 1. The van der Waals surface area contributed by atoms with Crippen LogP contribution in [0, 0.1) is 0 Å². The molecule has 3 rings (SSSR count). The topological polar surface area (TPSA) is 3.24 Å². The van der Waals surface area contributed by atoms with E-state index in [-0.39, 0.29) is 23.5 Å². The zero-order valence-corrected chi connectivity index (χ0v) is 17.0. The molecule has 0 amide bonds. The first-order valence-electron chi connectivity index (χ1n) is 11.5. The van der Waals surface area contributed by atoms with E-state index < -0.39 is 21.2 Å². The summed E-state index contributed by atoms with van der Waals surface area (Å²) in [5, 5.41) is 3.59. The summed E-state index contributed by atoms with van der Waals surface area (Å²) in [4.78, 5) is 0.662. The van der Waals surface area contributed by atoms with Crippen molar-refractivity contribution < 1.29 is 25.2 Å². The predicted octanol–water partition coefficient (Wildman–Crippen LogP) is 0.936. The van der Waals surface area contributed by atoms with E-state index in [0.717, 1.165) is 0 Å². The third-order valence-electron chi connectivity index (χ3n) is 4.47. The Morgan fingerprint density at radius 2 is 1.08 bits per heavy atom. The number of hydrogen-bond donors (Lipinski definition) is 0. The molecule has 0 spiro atoms. The van der Waals surface area contributed by atoms with Crippen molar-refractivity contribution in [2.24, 2.45) is 0 Å². The SMILES string of the molecule is [2H]C([2H])([2H])N(CCC[P+](c1ccccc1)(c1ccccc1)c1ccccc1)C([2H])([2H])[2H].[Br-]. The van der Waals surface area contributed by atoms with E-state index in [9.17, 15) is 0 Å². The molecular weight excluding hydrogens is 401 g/mol. The molecule has 0 saturated carbocycles. The van der Waals surface area contributed by atoms with Gasteiger partial charge in [-0.1, -0.05) is 54.6 Å². The average Bonchev–Trinajstić information content (AvgIpc) is 2.74. The van der Waals surface area contributed by atoms with Gasteiger partial charge < -0.3 is 21.9 Å². The first-order valence-corrected chi connectivity index (χ1v) is 10.5. The molecular formula is C23H27BrNP. The van der Waals surface area contributed by atoms with Gasteiger partial charge in [-0.3, -0.25) is 0 Å². The first kappa shape index (κ1) is 13.7. The molecule has 0 radical (unpaired) electrons. The van der Waals surface area contributed by atoms with Gasteiger partial charge in [-0.15, -0.1) is 0 Å². The molecule has 0 aliphatic rings. The minimum absolute atomic E-state index is 0. The van der Waals surface area contributed by atoms with Crippen LogP contribution in [0.4, 0.5) is 0 Å². The molecule has 0 aromatic heterocycles. The van der Waals surface area contributed by atoms with E-state index in [1.54, 1.807) is 0 Å². The van der Waals surface area contributed by atoms with E-state index in [1.165, 1.54) is 15.9 Å². The standard InChI is InChI=1S/C23H27NP.BrH/c1-24(2)19-12-20-25(21-13-6-3-7-14-21,22-15-8-4-9-16-22)23-17-10-5-11-18-23;/h3-11,13-18H,12,19-20H2,1-2H3;1H/q+1;/p-1/i1D3,2D3;. The Labute approximate surface area is 177 Å². The van der Waals surface area contributed by atoms with Crippen LogP contribution in [0.25, 0.3) is 0 Å². The fourth-order valence-corrected chi connectivity index (χ4v) is 7.68. The summed E-state index contributed by atoms with van der Waals surface area (Å²) in [7, 11) is -2.11. The fraction of sp³-hybridized carbons (Fsp3) is 0.217. The van der Waals surface area contributed by atoms with Crippen molar-refractivity contribution in [1.29, 1.82) is 0 Å². The van der Waals surface area contributed by atoms with E-state index in [1.807, 2.05) is 54.6 Å². The predicted molar refractivity (Wildman–Crippen MR) is 113 cm³/mol. The van der Waals surface area contributed by atoms with Crippen molar-refractivity contribution in [2.45, 2.75) is 6.42 Å². The Morgan fingerprint density at radius 1 is 0.692 bits per heavy atom. The molecule has 0 heterocycles. The summed E-state index contributed by atoms with van der Waals surface area (Å²) in [6.07, 6.45) is 1.12. The van der Waals surface area contributed by atoms with Crippen LogP contribution in [0.3, 0.4) is 0 Å². The van der Waals surface area contributed by atoms with Gasteiger partial charge in [0.05, 0.1) is 6.16 Å². The Balaban J connectivity index is 0.00000363. The second-order valence-corrected chi connectivity index (χ2v) is 9.66. The quantitative estimate of drug-likeness (QED) is 0.501. The summed E-state index contributed by atoms with van der Waals surface area (Å²) in [5.41, 5.74) is 0. The number of rotatable bonds is 7. The lowest BCUT2D eigenvalue weighted by atomic mass is 10.3. The third kappa shape index (κ3) is 4.62. The minimum Gasteiger partial charge on any atom is -1.00 e. The van der Waals surface area contributed by atoms with Gasteiger partial charge in [0, 0.05) is 14.8 Å². The summed E-state index contributed by atoms with van der Waals surface area (Å²) in [6.45, 7) is -5.36. The summed E-state index contributed by atoms with van der Waals surface area (Å²) >= 11 is 0. The highest BCUT2D eigenvalue weighted by atomic mass is 79.9. The van der Waals surface area contributed by atoms with Crippen LogP contribution in [0.1, 0.15) is 14.6 Å². The molecule has 0 aliphatic heterocycles. The Morgan fingerprint density at radius 3 is 1.42 bits per heavy atom. The number of benzene rings is 3. The zero-order valence-electron chi connectivity index (χ0n) is 20.6. The maximum atomic E-state index is 7.68. The third-order valence-corrected chi connectivity index (χ3v) is 8.99. The molecule has 26 heavy (non-hydrogen) atoms. The normalized spacial score (nSPS) is 15.6. The molecule has 0 N–H and O–H groups in total. The van der Waals surface area contributed by atoms with Gasteiger partial charge in [0.1, 0.15) is 23.2 Å². The van der Waals surface area contributed by atoms with Crippen LogP contribution in [0.2, 0.25) is 0 Å².